The monoisotopic (exact) mass is 254 g/mol. The van der Waals surface area contributed by atoms with E-state index in [1.54, 1.807) is 0 Å². The molecule has 76 valence electrons. The molecule has 2 rings (SSSR count). The number of hydrogen-bond donors (Lipinski definition) is 0. The molecule has 14 heavy (non-hydrogen) atoms. The molecule has 0 aliphatic heterocycles. The van der Waals surface area contributed by atoms with E-state index in [2.05, 4.69) is 22.0 Å². The van der Waals surface area contributed by atoms with Crippen LogP contribution in [0.4, 0.5) is 0 Å². The highest BCUT2D eigenvalue weighted by atomic mass is 79.9. The van der Waals surface area contributed by atoms with Gasteiger partial charge in [0.15, 0.2) is 0 Å². The molecule has 0 N–H and O–H groups in total. The van der Waals surface area contributed by atoms with Crippen LogP contribution in [-0.2, 0) is 17.6 Å². The average molecular weight is 255 g/mol. The maximum absolute atomic E-state index is 11.1. The molecular weight excluding hydrogens is 240 g/mol. The molecule has 0 bridgehead atoms. The van der Waals surface area contributed by atoms with E-state index in [1.165, 1.54) is 11.1 Å². The Hall–Kier alpha value is -0.630. The number of aryl methyl sites for hydroxylation is 1. The summed E-state index contributed by atoms with van der Waals surface area (Å²) in [5.74, 6) is 0.366. The highest BCUT2D eigenvalue weighted by Crippen LogP contribution is 2.22. The lowest BCUT2D eigenvalue weighted by atomic mass is 9.91. The van der Waals surface area contributed by atoms with Crippen molar-refractivity contribution >= 4 is 21.7 Å². The largest absolute Gasteiger partial charge is 0.299 e. The molecule has 0 saturated heterocycles. The predicted octanol–water partition coefficient (Wildman–Crippen LogP) is 3.53. The van der Waals surface area contributed by atoms with Crippen molar-refractivity contribution in [2.75, 3.05) is 0 Å². The zero-order valence-corrected chi connectivity index (χ0v) is 10.2. The second kappa shape index (κ2) is 5.30. The van der Waals surface area contributed by atoms with Gasteiger partial charge in [-0.1, -0.05) is 35.8 Å². The quantitative estimate of drug-likeness (QED) is 0.693. The Labute approximate surface area is 93.7 Å². The Kier molecular flexibility index (Phi) is 4.33. The summed E-state index contributed by atoms with van der Waals surface area (Å²) in [7, 11) is 0. The molecule has 0 spiro atoms. The molecule has 1 aliphatic rings. The van der Waals surface area contributed by atoms with Crippen LogP contribution in [0.5, 0.6) is 0 Å². The molecule has 1 aromatic rings. The van der Waals surface area contributed by atoms with Crippen molar-refractivity contribution in [1.82, 2.24) is 0 Å². The molecule has 0 aromatic heterocycles. The molecule has 1 aliphatic carbocycles. The third-order valence-electron chi connectivity index (χ3n) is 2.23. The van der Waals surface area contributed by atoms with Crippen molar-refractivity contribution in [3.05, 3.63) is 33.8 Å². The highest BCUT2D eigenvalue weighted by Gasteiger charge is 2.14. The zero-order chi connectivity index (χ0) is 10.6. The van der Waals surface area contributed by atoms with Gasteiger partial charge in [-0.15, -0.1) is 0 Å². The van der Waals surface area contributed by atoms with E-state index >= 15 is 0 Å². The summed E-state index contributed by atoms with van der Waals surface area (Å²) in [5, 5.41) is 0. The molecule has 1 aromatic carbocycles. The SMILES string of the molecule is CC.O=C1CCc2cc(Br)ccc2C1. The van der Waals surface area contributed by atoms with Crippen LogP contribution in [0.25, 0.3) is 0 Å². The van der Waals surface area contributed by atoms with Gasteiger partial charge < -0.3 is 0 Å². The Morgan fingerprint density at radius 3 is 2.57 bits per heavy atom. The molecule has 0 atom stereocenters. The first kappa shape index (κ1) is 11.4. The second-order valence-electron chi connectivity index (χ2n) is 3.13. The topological polar surface area (TPSA) is 17.1 Å². The minimum absolute atomic E-state index is 0.366. The standard InChI is InChI=1S/C10H9BrO.C2H6/c11-9-3-1-8-6-10(12)4-2-7(8)5-9;1-2/h1,3,5H,2,4,6H2;1-2H3. The van der Waals surface area contributed by atoms with Gasteiger partial charge in [0, 0.05) is 17.3 Å². The van der Waals surface area contributed by atoms with Gasteiger partial charge in [0.1, 0.15) is 5.78 Å². The number of benzene rings is 1. The van der Waals surface area contributed by atoms with Gasteiger partial charge in [-0.05, 0) is 29.7 Å². The molecule has 0 saturated carbocycles. The summed E-state index contributed by atoms with van der Waals surface area (Å²) in [5.41, 5.74) is 2.53. The zero-order valence-electron chi connectivity index (χ0n) is 8.64. The van der Waals surface area contributed by atoms with E-state index in [-0.39, 0.29) is 0 Å². The molecule has 0 unspecified atom stereocenters. The van der Waals surface area contributed by atoms with Gasteiger partial charge in [0.25, 0.3) is 0 Å². The average Bonchev–Trinajstić information content (AvgIpc) is 2.21. The summed E-state index contributed by atoms with van der Waals surface area (Å²) in [6.07, 6.45) is 2.25. The number of hydrogen-bond acceptors (Lipinski definition) is 1. The molecule has 0 radical (unpaired) electrons. The first-order valence-corrected chi connectivity index (χ1v) is 5.84. The number of carbonyl (C=O) groups excluding carboxylic acids is 1. The summed E-state index contributed by atoms with van der Waals surface area (Å²) < 4.78 is 1.11. The van der Waals surface area contributed by atoms with Crippen molar-refractivity contribution < 1.29 is 4.79 Å². The predicted molar refractivity (Wildman–Crippen MR) is 62.5 cm³/mol. The molecule has 0 fully saturated rings. The third-order valence-corrected chi connectivity index (χ3v) is 2.72. The van der Waals surface area contributed by atoms with Crippen molar-refractivity contribution in [1.29, 1.82) is 0 Å². The van der Waals surface area contributed by atoms with Gasteiger partial charge in [-0.2, -0.15) is 0 Å². The summed E-state index contributed by atoms with van der Waals surface area (Å²) in [6.45, 7) is 4.00. The fourth-order valence-electron chi connectivity index (χ4n) is 1.57. The lowest BCUT2D eigenvalue weighted by Gasteiger charge is -2.14. The summed E-state index contributed by atoms with van der Waals surface area (Å²) in [4.78, 5) is 11.1. The molecule has 2 heteroatoms. The summed E-state index contributed by atoms with van der Waals surface area (Å²) in [6, 6.07) is 6.15. The number of fused-ring (bicyclic) bond motifs is 1. The van der Waals surface area contributed by atoms with Crippen molar-refractivity contribution in [2.24, 2.45) is 0 Å². The maximum Gasteiger partial charge on any atom is 0.137 e. The smallest absolute Gasteiger partial charge is 0.137 e. The van der Waals surface area contributed by atoms with Crippen molar-refractivity contribution in [2.45, 2.75) is 33.1 Å². The lowest BCUT2D eigenvalue weighted by Crippen LogP contribution is -2.12. The molecule has 0 amide bonds. The molecule has 0 heterocycles. The molecule has 1 nitrogen and oxygen atoms in total. The van der Waals surface area contributed by atoms with Crippen LogP contribution < -0.4 is 0 Å². The Morgan fingerprint density at radius 1 is 1.14 bits per heavy atom. The fourth-order valence-corrected chi connectivity index (χ4v) is 1.98. The van der Waals surface area contributed by atoms with Crippen LogP contribution in [-0.4, -0.2) is 5.78 Å². The van der Waals surface area contributed by atoms with Crippen molar-refractivity contribution in [3.8, 4) is 0 Å². The number of rotatable bonds is 0. The van der Waals surface area contributed by atoms with E-state index in [0.717, 1.165) is 10.9 Å². The van der Waals surface area contributed by atoms with Crippen LogP contribution in [0.3, 0.4) is 0 Å². The van der Waals surface area contributed by atoms with Crippen LogP contribution in [0.15, 0.2) is 22.7 Å². The maximum atomic E-state index is 11.1. The van der Waals surface area contributed by atoms with Gasteiger partial charge in [0.2, 0.25) is 0 Å². The van der Waals surface area contributed by atoms with Crippen molar-refractivity contribution in [3.63, 3.8) is 0 Å². The minimum Gasteiger partial charge on any atom is -0.299 e. The van der Waals surface area contributed by atoms with E-state index in [0.29, 0.717) is 18.6 Å². The van der Waals surface area contributed by atoms with E-state index in [4.69, 9.17) is 0 Å². The van der Waals surface area contributed by atoms with Crippen LogP contribution in [0, 0.1) is 0 Å². The highest BCUT2D eigenvalue weighted by molar-refractivity contribution is 9.10. The van der Waals surface area contributed by atoms with Gasteiger partial charge in [-0.25, -0.2) is 0 Å². The van der Waals surface area contributed by atoms with E-state index in [1.807, 2.05) is 26.0 Å². The van der Waals surface area contributed by atoms with E-state index in [9.17, 15) is 4.79 Å². The first-order chi connectivity index (χ1) is 6.75. The second-order valence-corrected chi connectivity index (χ2v) is 4.04. The normalized spacial score (nSPS) is 14.1. The van der Waals surface area contributed by atoms with Gasteiger partial charge in [0.05, 0.1) is 0 Å². The number of halogens is 1. The Balaban J connectivity index is 0.000000461. The number of carbonyl (C=O) groups is 1. The number of ketones is 1. The third kappa shape index (κ3) is 2.68. The van der Waals surface area contributed by atoms with Gasteiger partial charge >= 0.3 is 0 Å². The van der Waals surface area contributed by atoms with Crippen LogP contribution in [0.2, 0.25) is 0 Å². The first-order valence-electron chi connectivity index (χ1n) is 5.05. The Morgan fingerprint density at radius 2 is 1.86 bits per heavy atom. The van der Waals surface area contributed by atoms with E-state index < -0.39 is 0 Å². The number of Topliss-reactive ketones (excluding diaryl/α,β-unsaturated/α-hetero) is 1. The van der Waals surface area contributed by atoms with Crippen LogP contribution >= 0.6 is 15.9 Å². The van der Waals surface area contributed by atoms with Gasteiger partial charge in [-0.3, -0.25) is 4.79 Å². The summed E-state index contributed by atoms with van der Waals surface area (Å²) >= 11 is 3.42. The lowest BCUT2D eigenvalue weighted by molar-refractivity contribution is -0.118. The van der Waals surface area contributed by atoms with Crippen LogP contribution in [0.1, 0.15) is 31.4 Å². The molecular formula is C12H15BrO. The Bertz CT molecular complexity index is 331. The fraction of sp³-hybridized carbons (Fsp3) is 0.417. The minimum atomic E-state index is 0.366.